The van der Waals surface area contributed by atoms with Crippen LogP contribution >= 0.6 is 11.3 Å². The first-order valence-corrected chi connectivity index (χ1v) is 11.6. The van der Waals surface area contributed by atoms with E-state index in [1.807, 2.05) is 18.3 Å². The van der Waals surface area contributed by atoms with E-state index >= 15 is 0 Å². The van der Waals surface area contributed by atoms with E-state index < -0.39 is 6.23 Å². The number of thiophene rings is 1. The molecule has 3 N–H and O–H groups in total. The summed E-state index contributed by atoms with van der Waals surface area (Å²) in [4.78, 5) is 0. The third-order valence-electron chi connectivity index (χ3n) is 5.94. The van der Waals surface area contributed by atoms with Crippen molar-refractivity contribution in [3.05, 3.63) is 34.7 Å². The first kappa shape index (κ1) is 20.8. The first-order valence-electron chi connectivity index (χ1n) is 10.7. The topological polar surface area (TPSA) is 55.5 Å². The maximum atomic E-state index is 9.44. The molecule has 1 aliphatic carbocycles. The van der Waals surface area contributed by atoms with E-state index in [-0.39, 0.29) is 5.92 Å². The molecule has 3 rings (SSSR count). The molecule has 2 atom stereocenters. The van der Waals surface area contributed by atoms with Gasteiger partial charge in [0.15, 0.2) is 0 Å². The molecule has 0 bridgehead atoms. The number of fused-ring (bicyclic) bond motifs is 1. The van der Waals surface area contributed by atoms with E-state index in [9.17, 15) is 5.11 Å². The van der Waals surface area contributed by atoms with Gasteiger partial charge in [0.2, 0.25) is 0 Å². The number of aliphatic hydroxyl groups is 1. The minimum Gasteiger partial charge on any atom is -0.379 e. The standard InChI is InChI=1S/C23H35NO2S/c1-17(23(24)25)10-11-18-12-13-21-19(16-27-22(21)15-18)7-5-6-14-26-20-8-3-2-4-9-20/h12-13,15-17,20,23,25H,2-11,14,24H2,1H3. The molecule has 0 spiro atoms. The molecule has 2 unspecified atom stereocenters. The average molecular weight is 390 g/mol. The molecule has 1 aliphatic rings. The number of unbranched alkanes of at least 4 members (excludes halogenated alkanes) is 1. The minimum atomic E-state index is -0.718. The van der Waals surface area contributed by atoms with Crippen molar-refractivity contribution in [2.45, 2.75) is 83.5 Å². The van der Waals surface area contributed by atoms with Gasteiger partial charge in [-0.1, -0.05) is 38.3 Å². The van der Waals surface area contributed by atoms with Crippen molar-refractivity contribution < 1.29 is 9.84 Å². The Bertz CT molecular complexity index is 691. The molecule has 2 aromatic rings. The van der Waals surface area contributed by atoms with Gasteiger partial charge in [0.1, 0.15) is 6.23 Å². The summed E-state index contributed by atoms with van der Waals surface area (Å²) >= 11 is 1.85. The number of aryl methyl sites for hydroxylation is 2. The maximum absolute atomic E-state index is 9.44. The Morgan fingerprint density at radius 3 is 2.78 bits per heavy atom. The summed E-state index contributed by atoms with van der Waals surface area (Å²) < 4.78 is 7.42. The smallest absolute Gasteiger partial charge is 0.105 e. The lowest BCUT2D eigenvalue weighted by Gasteiger charge is -2.21. The summed E-state index contributed by atoms with van der Waals surface area (Å²) in [5, 5.41) is 13.2. The fourth-order valence-electron chi connectivity index (χ4n) is 3.94. The molecule has 0 saturated heterocycles. The van der Waals surface area contributed by atoms with Crippen LogP contribution in [0.25, 0.3) is 10.1 Å². The molecule has 0 aliphatic heterocycles. The summed E-state index contributed by atoms with van der Waals surface area (Å²) in [6.45, 7) is 2.92. The lowest BCUT2D eigenvalue weighted by Crippen LogP contribution is -2.27. The number of nitrogens with two attached hydrogens (primary N) is 1. The van der Waals surface area contributed by atoms with Gasteiger partial charge in [0.25, 0.3) is 0 Å². The van der Waals surface area contributed by atoms with Crippen LogP contribution in [-0.2, 0) is 17.6 Å². The van der Waals surface area contributed by atoms with Crippen LogP contribution in [-0.4, -0.2) is 24.0 Å². The molecule has 3 nitrogen and oxygen atoms in total. The Labute approximate surface area is 167 Å². The van der Waals surface area contributed by atoms with E-state index in [0.29, 0.717) is 6.10 Å². The van der Waals surface area contributed by atoms with Gasteiger partial charge in [-0.25, -0.2) is 0 Å². The zero-order valence-corrected chi connectivity index (χ0v) is 17.5. The molecule has 150 valence electrons. The number of hydrogen-bond acceptors (Lipinski definition) is 4. The highest BCUT2D eigenvalue weighted by Gasteiger charge is 2.13. The van der Waals surface area contributed by atoms with Crippen molar-refractivity contribution >= 4 is 21.4 Å². The molecule has 0 radical (unpaired) electrons. The van der Waals surface area contributed by atoms with Crippen LogP contribution in [0.15, 0.2) is 23.6 Å². The lowest BCUT2D eigenvalue weighted by molar-refractivity contribution is 0.0265. The fourth-order valence-corrected chi connectivity index (χ4v) is 5.00. The molecule has 27 heavy (non-hydrogen) atoms. The number of benzene rings is 1. The van der Waals surface area contributed by atoms with Crippen LogP contribution in [0, 0.1) is 5.92 Å². The molecular formula is C23H35NO2S. The second-order valence-electron chi connectivity index (χ2n) is 8.19. The number of rotatable bonds is 10. The predicted octanol–water partition coefficient (Wildman–Crippen LogP) is 5.42. The maximum Gasteiger partial charge on any atom is 0.105 e. The summed E-state index contributed by atoms with van der Waals surface area (Å²) in [5.74, 6) is 0.135. The van der Waals surface area contributed by atoms with Crippen LogP contribution in [0.2, 0.25) is 0 Å². The molecule has 4 heteroatoms. The summed E-state index contributed by atoms with van der Waals surface area (Å²) in [7, 11) is 0. The molecule has 1 heterocycles. The van der Waals surface area contributed by atoms with E-state index in [0.717, 1.165) is 32.3 Å². The highest BCUT2D eigenvalue weighted by molar-refractivity contribution is 7.17. The van der Waals surface area contributed by atoms with Crippen molar-refractivity contribution in [3.8, 4) is 0 Å². The third-order valence-corrected chi connectivity index (χ3v) is 6.93. The Balaban J connectivity index is 1.43. The van der Waals surface area contributed by atoms with Gasteiger partial charge in [0, 0.05) is 11.3 Å². The number of aliphatic hydroxyl groups excluding tert-OH is 1. The van der Waals surface area contributed by atoms with Crippen molar-refractivity contribution in [2.24, 2.45) is 11.7 Å². The quantitative estimate of drug-likeness (QED) is 0.421. The minimum absolute atomic E-state index is 0.135. The molecule has 1 aromatic heterocycles. The second kappa shape index (κ2) is 10.6. The number of hydrogen-bond donors (Lipinski definition) is 2. The Morgan fingerprint density at radius 2 is 2.00 bits per heavy atom. The second-order valence-corrected chi connectivity index (χ2v) is 9.10. The zero-order valence-electron chi connectivity index (χ0n) is 16.7. The van der Waals surface area contributed by atoms with Gasteiger partial charge in [-0.15, -0.1) is 11.3 Å². The van der Waals surface area contributed by atoms with Crippen LogP contribution < -0.4 is 5.73 Å². The van der Waals surface area contributed by atoms with Crippen LogP contribution in [0.4, 0.5) is 0 Å². The molecule has 0 amide bonds. The van der Waals surface area contributed by atoms with Gasteiger partial charge >= 0.3 is 0 Å². The van der Waals surface area contributed by atoms with E-state index in [1.165, 1.54) is 59.7 Å². The summed E-state index contributed by atoms with van der Waals surface area (Å²) in [5.41, 5.74) is 8.37. The summed E-state index contributed by atoms with van der Waals surface area (Å²) in [6, 6.07) is 6.82. The highest BCUT2D eigenvalue weighted by atomic mass is 32.1. The molecule has 1 fully saturated rings. The molecular weight excluding hydrogens is 354 g/mol. The third kappa shape index (κ3) is 6.28. The monoisotopic (exact) mass is 389 g/mol. The van der Waals surface area contributed by atoms with E-state index in [1.54, 1.807) is 0 Å². The zero-order chi connectivity index (χ0) is 19.1. The fraction of sp³-hybridized carbons (Fsp3) is 0.652. The Kier molecular flexibility index (Phi) is 8.13. The van der Waals surface area contributed by atoms with Gasteiger partial charge in [-0.3, -0.25) is 0 Å². The largest absolute Gasteiger partial charge is 0.379 e. The highest BCUT2D eigenvalue weighted by Crippen LogP contribution is 2.29. The van der Waals surface area contributed by atoms with Gasteiger partial charge in [-0.2, -0.15) is 0 Å². The Morgan fingerprint density at radius 1 is 1.19 bits per heavy atom. The van der Waals surface area contributed by atoms with Gasteiger partial charge in [-0.05, 0) is 78.8 Å². The van der Waals surface area contributed by atoms with Crippen molar-refractivity contribution in [1.29, 1.82) is 0 Å². The van der Waals surface area contributed by atoms with Crippen molar-refractivity contribution in [1.82, 2.24) is 0 Å². The van der Waals surface area contributed by atoms with Crippen LogP contribution in [0.3, 0.4) is 0 Å². The predicted molar refractivity (Wildman–Crippen MR) is 115 cm³/mol. The normalized spacial score (nSPS) is 18.0. The lowest BCUT2D eigenvalue weighted by atomic mass is 9.98. The Hall–Kier alpha value is -0.940. The van der Waals surface area contributed by atoms with Crippen molar-refractivity contribution in [3.63, 3.8) is 0 Å². The summed E-state index contributed by atoms with van der Waals surface area (Å²) in [6.07, 6.45) is 11.8. The van der Waals surface area contributed by atoms with E-state index in [4.69, 9.17) is 10.5 Å². The van der Waals surface area contributed by atoms with Gasteiger partial charge in [0.05, 0.1) is 6.10 Å². The average Bonchev–Trinajstić information content (AvgIpc) is 3.09. The first-order chi connectivity index (χ1) is 13.1. The number of ether oxygens (including phenoxy) is 1. The van der Waals surface area contributed by atoms with E-state index in [2.05, 4.69) is 23.6 Å². The SMILES string of the molecule is CC(CCc1ccc2c(CCCCOC3CCCCC3)csc2c1)C(N)O. The molecule has 1 saturated carbocycles. The molecule has 1 aromatic carbocycles. The van der Waals surface area contributed by atoms with Crippen molar-refractivity contribution in [2.75, 3.05) is 6.61 Å². The van der Waals surface area contributed by atoms with Crippen LogP contribution in [0.5, 0.6) is 0 Å². The van der Waals surface area contributed by atoms with Crippen LogP contribution in [0.1, 0.15) is 69.4 Å². The van der Waals surface area contributed by atoms with Gasteiger partial charge < -0.3 is 15.6 Å².